The molecule has 1 aromatic carbocycles. The lowest BCUT2D eigenvalue weighted by Gasteiger charge is -2.20. The number of hydrogen-bond acceptors (Lipinski definition) is 3. The molecule has 0 aliphatic carbocycles. The molecule has 2 N–H and O–H groups in total. The summed E-state index contributed by atoms with van der Waals surface area (Å²) in [5.74, 6) is 0. The average Bonchev–Trinajstić information content (AvgIpc) is 2.37. The zero-order chi connectivity index (χ0) is 13.0. The maximum absolute atomic E-state index is 6.08. The van der Waals surface area contributed by atoms with E-state index < -0.39 is 0 Å². The Bertz CT molecular complexity index is 502. The predicted molar refractivity (Wildman–Crippen MR) is 77.9 cm³/mol. The molecule has 0 aliphatic rings. The first-order chi connectivity index (χ1) is 8.66. The van der Waals surface area contributed by atoms with Crippen molar-refractivity contribution in [2.24, 2.45) is 5.73 Å². The van der Waals surface area contributed by atoms with Crippen LogP contribution in [0.3, 0.4) is 0 Å². The molecule has 18 heavy (non-hydrogen) atoms. The average molecular weight is 279 g/mol. The molecule has 0 saturated carbocycles. The van der Waals surface area contributed by atoms with Crippen molar-refractivity contribution in [1.29, 1.82) is 0 Å². The van der Waals surface area contributed by atoms with Crippen molar-refractivity contribution >= 4 is 23.4 Å². The molecule has 0 radical (unpaired) electrons. The summed E-state index contributed by atoms with van der Waals surface area (Å²) in [5.41, 5.74) is 7.27. The smallest absolute Gasteiger partial charge is 0.0493 e. The lowest BCUT2D eigenvalue weighted by atomic mass is 10.1. The van der Waals surface area contributed by atoms with E-state index in [-0.39, 0.29) is 11.3 Å². The normalized spacial score (nSPS) is 14.2. The second kappa shape index (κ2) is 6.23. The van der Waals surface area contributed by atoms with Gasteiger partial charge in [0.1, 0.15) is 0 Å². The number of pyridine rings is 1. The molecule has 2 rings (SSSR count). The first-order valence-electron chi connectivity index (χ1n) is 5.74. The van der Waals surface area contributed by atoms with E-state index in [1.807, 2.05) is 43.3 Å². The van der Waals surface area contributed by atoms with Gasteiger partial charge in [-0.15, -0.1) is 11.8 Å². The fourth-order valence-corrected chi connectivity index (χ4v) is 3.13. The molecule has 2 aromatic rings. The molecule has 2 atom stereocenters. The van der Waals surface area contributed by atoms with E-state index in [0.717, 1.165) is 9.92 Å². The van der Waals surface area contributed by atoms with Gasteiger partial charge in [0.05, 0.1) is 0 Å². The number of rotatable bonds is 4. The van der Waals surface area contributed by atoms with Crippen LogP contribution < -0.4 is 5.73 Å². The highest BCUT2D eigenvalue weighted by Crippen LogP contribution is 2.37. The van der Waals surface area contributed by atoms with E-state index in [1.165, 1.54) is 5.56 Å². The third-order valence-corrected chi connectivity index (χ3v) is 4.29. The minimum atomic E-state index is 0.0522. The van der Waals surface area contributed by atoms with Crippen molar-refractivity contribution in [3.8, 4) is 0 Å². The maximum Gasteiger partial charge on any atom is 0.0493 e. The summed E-state index contributed by atoms with van der Waals surface area (Å²) in [6.45, 7) is 2.02. The molecule has 0 fully saturated rings. The summed E-state index contributed by atoms with van der Waals surface area (Å²) in [5, 5.41) is 0.949. The Morgan fingerprint density at radius 2 is 1.94 bits per heavy atom. The first-order valence-corrected chi connectivity index (χ1v) is 7.00. The lowest BCUT2D eigenvalue weighted by Crippen LogP contribution is -2.22. The Labute approximate surface area is 117 Å². The second-order valence-corrected chi connectivity index (χ2v) is 5.79. The second-order valence-electron chi connectivity index (χ2n) is 4.14. The third-order valence-electron chi connectivity index (χ3n) is 2.57. The van der Waals surface area contributed by atoms with Crippen LogP contribution in [0.25, 0.3) is 0 Å². The maximum atomic E-state index is 6.08. The number of nitrogens with two attached hydrogens (primary N) is 1. The molecular weight excluding hydrogens is 264 g/mol. The van der Waals surface area contributed by atoms with Crippen LogP contribution in [-0.2, 0) is 0 Å². The van der Waals surface area contributed by atoms with Crippen molar-refractivity contribution in [2.45, 2.75) is 23.1 Å². The number of benzene rings is 1. The van der Waals surface area contributed by atoms with Gasteiger partial charge in [-0.3, -0.25) is 4.98 Å². The van der Waals surface area contributed by atoms with E-state index >= 15 is 0 Å². The van der Waals surface area contributed by atoms with Gasteiger partial charge < -0.3 is 5.73 Å². The van der Waals surface area contributed by atoms with Gasteiger partial charge in [-0.05, 0) is 42.8 Å². The van der Waals surface area contributed by atoms with E-state index in [0.29, 0.717) is 0 Å². The van der Waals surface area contributed by atoms with Crippen molar-refractivity contribution in [3.05, 3.63) is 59.4 Å². The van der Waals surface area contributed by atoms with Gasteiger partial charge in [-0.1, -0.05) is 17.7 Å². The Kier molecular flexibility index (Phi) is 4.64. The quantitative estimate of drug-likeness (QED) is 0.862. The topological polar surface area (TPSA) is 38.9 Å². The van der Waals surface area contributed by atoms with Crippen LogP contribution >= 0.6 is 23.4 Å². The minimum absolute atomic E-state index is 0.0522. The van der Waals surface area contributed by atoms with Gasteiger partial charge in [-0.2, -0.15) is 0 Å². The largest absolute Gasteiger partial charge is 0.327 e. The molecule has 1 aromatic heterocycles. The van der Waals surface area contributed by atoms with E-state index in [1.54, 1.807) is 24.2 Å². The summed E-state index contributed by atoms with van der Waals surface area (Å²) >= 11 is 7.73. The standard InChI is InChI=1S/C14H15ClN2S/c1-10(16)14(11-5-7-17-8-6-11)18-13-4-2-3-12(15)9-13/h2-10,14H,16H2,1H3. The number of thioether (sulfide) groups is 1. The Balaban J connectivity index is 2.22. The van der Waals surface area contributed by atoms with Crippen molar-refractivity contribution < 1.29 is 0 Å². The van der Waals surface area contributed by atoms with Gasteiger partial charge in [0.25, 0.3) is 0 Å². The molecule has 0 saturated heterocycles. The van der Waals surface area contributed by atoms with Crippen LogP contribution in [0.4, 0.5) is 0 Å². The van der Waals surface area contributed by atoms with E-state index in [9.17, 15) is 0 Å². The van der Waals surface area contributed by atoms with Crippen molar-refractivity contribution in [2.75, 3.05) is 0 Å². The monoisotopic (exact) mass is 278 g/mol. The van der Waals surface area contributed by atoms with Crippen LogP contribution in [0.2, 0.25) is 5.02 Å². The molecule has 0 aliphatic heterocycles. The molecule has 0 amide bonds. The van der Waals surface area contributed by atoms with Crippen LogP contribution in [0.5, 0.6) is 0 Å². The van der Waals surface area contributed by atoms with Crippen LogP contribution in [0, 0.1) is 0 Å². The molecule has 0 spiro atoms. The van der Waals surface area contributed by atoms with Gasteiger partial charge in [0, 0.05) is 33.6 Å². The van der Waals surface area contributed by atoms with Crippen LogP contribution in [0.1, 0.15) is 17.7 Å². The van der Waals surface area contributed by atoms with Gasteiger partial charge in [0.2, 0.25) is 0 Å². The number of halogens is 1. The van der Waals surface area contributed by atoms with Gasteiger partial charge in [-0.25, -0.2) is 0 Å². The van der Waals surface area contributed by atoms with Gasteiger partial charge in [0.15, 0.2) is 0 Å². The number of hydrogen-bond donors (Lipinski definition) is 1. The number of aromatic nitrogens is 1. The number of nitrogens with zero attached hydrogens (tertiary/aromatic N) is 1. The molecule has 2 unspecified atom stereocenters. The fourth-order valence-electron chi connectivity index (χ4n) is 1.72. The van der Waals surface area contributed by atoms with Crippen LogP contribution in [-0.4, -0.2) is 11.0 Å². The molecule has 1 heterocycles. The Hall–Kier alpha value is -1.03. The third kappa shape index (κ3) is 3.48. The zero-order valence-electron chi connectivity index (χ0n) is 10.1. The van der Waals surface area contributed by atoms with Crippen molar-refractivity contribution in [1.82, 2.24) is 4.98 Å². The molecule has 2 nitrogen and oxygen atoms in total. The molecule has 94 valence electrons. The summed E-state index contributed by atoms with van der Waals surface area (Å²) in [7, 11) is 0. The highest BCUT2D eigenvalue weighted by Gasteiger charge is 2.17. The molecular formula is C14H15ClN2S. The van der Waals surface area contributed by atoms with E-state index in [4.69, 9.17) is 17.3 Å². The summed E-state index contributed by atoms with van der Waals surface area (Å²) in [4.78, 5) is 5.16. The fraction of sp³-hybridized carbons (Fsp3) is 0.214. The minimum Gasteiger partial charge on any atom is -0.327 e. The highest BCUT2D eigenvalue weighted by atomic mass is 35.5. The summed E-state index contributed by atoms with van der Waals surface area (Å²) in [6, 6.07) is 11.9. The van der Waals surface area contributed by atoms with Crippen LogP contribution in [0.15, 0.2) is 53.7 Å². The summed E-state index contributed by atoms with van der Waals surface area (Å²) < 4.78 is 0. The summed E-state index contributed by atoms with van der Waals surface area (Å²) in [6.07, 6.45) is 3.59. The first kappa shape index (κ1) is 13.4. The highest BCUT2D eigenvalue weighted by molar-refractivity contribution is 7.99. The predicted octanol–water partition coefficient (Wildman–Crippen LogP) is 3.92. The lowest BCUT2D eigenvalue weighted by molar-refractivity contribution is 0.720. The zero-order valence-corrected chi connectivity index (χ0v) is 11.7. The van der Waals surface area contributed by atoms with Crippen molar-refractivity contribution in [3.63, 3.8) is 0 Å². The van der Waals surface area contributed by atoms with E-state index in [2.05, 4.69) is 4.98 Å². The molecule has 0 bridgehead atoms. The SMILES string of the molecule is CC(N)C(Sc1cccc(Cl)c1)c1ccncc1. The Morgan fingerprint density at radius 1 is 1.22 bits per heavy atom. The Morgan fingerprint density at radius 3 is 2.56 bits per heavy atom. The van der Waals surface area contributed by atoms with Gasteiger partial charge >= 0.3 is 0 Å². The molecule has 4 heteroatoms.